The van der Waals surface area contributed by atoms with Gasteiger partial charge in [0.1, 0.15) is 0 Å². The van der Waals surface area contributed by atoms with E-state index in [9.17, 15) is 4.79 Å². The molecule has 0 fully saturated rings. The number of unbranched alkanes of at least 4 members (excludes halogenated alkanes) is 13. The molecule has 0 heterocycles. The zero-order chi connectivity index (χ0) is 24.1. The highest BCUT2D eigenvalue weighted by atomic mass is 16.9. The zero-order valence-corrected chi connectivity index (χ0v) is 21.8. The third kappa shape index (κ3) is 11.3. The summed E-state index contributed by atoms with van der Waals surface area (Å²) < 4.78 is 23.2. The molecule has 32 heavy (non-hydrogen) atoms. The molecular formula is C27H52O5. The first kappa shape index (κ1) is 31.1. The fraction of sp³-hybridized carbons (Fsp3) is 0.889. The number of carbonyl (C=O) groups is 1. The molecule has 0 saturated heterocycles. The van der Waals surface area contributed by atoms with Crippen LogP contribution in [0.4, 0.5) is 0 Å². The summed E-state index contributed by atoms with van der Waals surface area (Å²) in [5.41, 5.74) is -1.01. The van der Waals surface area contributed by atoms with Gasteiger partial charge >= 0.3 is 11.9 Å². The molecule has 0 aromatic heterocycles. The van der Waals surface area contributed by atoms with Gasteiger partial charge < -0.3 is 18.9 Å². The Balaban J connectivity index is 5.16. The third-order valence-corrected chi connectivity index (χ3v) is 6.45. The molecular weight excluding hydrogens is 404 g/mol. The molecule has 5 heteroatoms. The molecule has 0 aliphatic carbocycles. The quantitative estimate of drug-likeness (QED) is 0.0681. The van der Waals surface area contributed by atoms with E-state index < -0.39 is 17.5 Å². The molecule has 0 radical (unpaired) electrons. The van der Waals surface area contributed by atoms with Crippen molar-refractivity contribution in [2.45, 2.75) is 135 Å². The van der Waals surface area contributed by atoms with Crippen molar-refractivity contribution in [3.8, 4) is 0 Å². The Bertz CT molecular complexity index is 453. The lowest BCUT2D eigenvalue weighted by Crippen LogP contribution is -2.60. The Morgan fingerprint density at radius 3 is 1.31 bits per heavy atom. The van der Waals surface area contributed by atoms with Crippen LogP contribution >= 0.6 is 0 Å². The number of hydrogen-bond acceptors (Lipinski definition) is 5. The molecule has 0 N–H and O–H groups in total. The van der Waals surface area contributed by atoms with E-state index in [1.165, 1.54) is 76.7 Å². The van der Waals surface area contributed by atoms with E-state index >= 15 is 0 Å². The fourth-order valence-electron chi connectivity index (χ4n) is 4.55. The summed E-state index contributed by atoms with van der Waals surface area (Å²) in [7, 11) is 4.63. The lowest BCUT2D eigenvalue weighted by molar-refractivity contribution is -0.421. The van der Waals surface area contributed by atoms with Gasteiger partial charge in [0.15, 0.2) is 5.60 Å². The SMILES string of the molecule is C=CC(=O)OC(CCCCCCCCC)(CCCCCCCCCC)C(OC)(OC)OC. The van der Waals surface area contributed by atoms with Crippen LogP contribution in [0.2, 0.25) is 0 Å². The summed E-state index contributed by atoms with van der Waals surface area (Å²) >= 11 is 0. The average Bonchev–Trinajstić information content (AvgIpc) is 2.81. The lowest BCUT2D eigenvalue weighted by atomic mass is 9.86. The average molecular weight is 457 g/mol. The monoisotopic (exact) mass is 456 g/mol. The van der Waals surface area contributed by atoms with Crippen molar-refractivity contribution >= 4 is 5.97 Å². The first-order valence-corrected chi connectivity index (χ1v) is 13.0. The van der Waals surface area contributed by atoms with E-state index in [0.29, 0.717) is 12.8 Å². The van der Waals surface area contributed by atoms with Gasteiger partial charge in [-0.2, -0.15) is 0 Å². The Kier molecular flexibility index (Phi) is 19.0. The number of methoxy groups -OCH3 is 3. The summed E-state index contributed by atoms with van der Waals surface area (Å²) in [6.45, 7) is 8.06. The summed E-state index contributed by atoms with van der Waals surface area (Å²) in [6.07, 6.45) is 20.4. The predicted octanol–water partition coefficient (Wildman–Crippen LogP) is 7.72. The minimum absolute atomic E-state index is 0.469. The number of hydrogen-bond donors (Lipinski definition) is 0. The topological polar surface area (TPSA) is 54.0 Å². The fourth-order valence-corrected chi connectivity index (χ4v) is 4.55. The molecule has 0 bridgehead atoms. The highest BCUT2D eigenvalue weighted by molar-refractivity contribution is 5.81. The molecule has 0 aliphatic heterocycles. The standard InChI is InChI=1S/C27H52O5/c1-7-10-12-14-16-18-20-22-24-26(32-25(28)9-3,27(29-4,30-5)31-6)23-21-19-17-15-13-11-8-2/h9H,3,7-8,10-24H2,1-2,4-6H3. The van der Waals surface area contributed by atoms with Crippen molar-refractivity contribution in [2.75, 3.05) is 21.3 Å². The molecule has 0 amide bonds. The van der Waals surface area contributed by atoms with Crippen molar-refractivity contribution in [3.05, 3.63) is 12.7 Å². The highest BCUT2D eigenvalue weighted by Crippen LogP contribution is 2.41. The molecule has 5 nitrogen and oxygen atoms in total. The van der Waals surface area contributed by atoms with Gasteiger partial charge in [-0.1, -0.05) is 104 Å². The summed E-state index contributed by atoms with van der Waals surface area (Å²) in [6, 6.07) is 0. The molecule has 190 valence electrons. The molecule has 1 unspecified atom stereocenters. The number of carbonyl (C=O) groups excluding carboxylic acids is 1. The van der Waals surface area contributed by atoms with Crippen molar-refractivity contribution in [1.29, 1.82) is 0 Å². The van der Waals surface area contributed by atoms with Crippen LogP contribution < -0.4 is 0 Å². The first-order valence-electron chi connectivity index (χ1n) is 13.0. The van der Waals surface area contributed by atoms with Crippen molar-refractivity contribution in [1.82, 2.24) is 0 Å². The normalized spacial score (nSPS) is 13.7. The summed E-state index contributed by atoms with van der Waals surface area (Å²) in [4.78, 5) is 12.4. The number of esters is 1. The summed E-state index contributed by atoms with van der Waals surface area (Å²) in [5.74, 6) is -1.90. The second-order valence-corrected chi connectivity index (χ2v) is 8.88. The van der Waals surface area contributed by atoms with E-state index in [1.54, 1.807) is 21.3 Å². The van der Waals surface area contributed by atoms with Crippen LogP contribution in [-0.2, 0) is 23.7 Å². The van der Waals surface area contributed by atoms with Gasteiger partial charge in [0, 0.05) is 27.4 Å². The molecule has 1 atom stereocenters. The van der Waals surface area contributed by atoms with Crippen LogP contribution in [-0.4, -0.2) is 38.9 Å². The van der Waals surface area contributed by atoms with Gasteiger partial charge in [-0.25, -0.2) is 4.79 Å². The van der Waals surface area contributed by atoms with E-state index in [0.717, 1.165) is 25.7 Å². The maximum Gasteiger partial charge on any atom is 0.330 e. The highest BCUT2D eigenvalue weighted by Gasteiger charge is 2.56. The van der Waals surface area contributed by atoms with Gasteiger partial charge in [-0.15, -0.1) is 0 Å². The zero-order valence-electron chi connectivity index (χ0n) is 21.8. The lowest BCUT2D eigenvalue weighted by Gasteiger charge is -2.46. The minimum Gasteiger partial charge on any atom is -0.447 e. The first-order chi connectivity index (χ1) is 15.5. The van der Waals surface area contributed by atoms with E-state index in [1.807, 2.05) is 0 Å². The molecule has 0 rings (SSSR count). The van der Waals surface area contributed by atoms with Crippen LogP contribution in [0.15, 0.2) is 12.7 Å². The Morgan fingerprint density at radius 1 is 0.656 bits per heavy atom. The third-order valence-electron chi connectivity index (χ3n) is 6.45. The van der Waals surface area contributed by atoms with Gasteiger partial charge in [0.05, 0.1) is 0 Å². The van der Waals surface area contributed by atoms with Crippen molar-refractivity contribution in [2.24, 2.45) is 0 Å². The van der Waals surface area contributed by atoms with Crippen LogP contribution in [0.1, 0.15) is 123 Å². The van der Waals surface area contributed by atoms with Gasteiger partial charge in [-0.05, 0) is 25.7 Å². The number of ether oxygens (including phenoxy) is 4. The van der Waals surface area contributed by atoms with E-state index in [2.05, 4.69) is 20.4 Å². The van der Waals surface area contributed by atoms with E-state index in [4.69, 9.17) is 18.9 Å². The Hall–Kier alpha value is -0.910. The van der Waals surface area contributed by atoms with Crippen LogP contribution in [0.3, 0.4) is 0 Å². The molecule has 0 spiro atoms. The number of rotatable bonds is 23. The summed E-state index contributed by atoms with van der Waals surface area (Å²) in [5, 5.41) is 0. The Morgan fingerprint density at radius 2 is 1.00 bits per heavy atom. The van der Waals surface area contributed by atoms with Crippen LogP contribution in [0, 0.1) is 0 Å². The Labute approximate surface area is 198 Å². The van der Waals surface area contributed by atoms with Crippen LogP contribution in [0.25, 0.3) is 0 Å². The van der Waals surface area contributed by atoms with Crippen LogP contribution in [0.5, 0.6) is 0 Å². The molecule has 0 aromatic carbocycles. The predicted molar refractivity (Wildman–Crippen MR) is 133 cm³/mol. The maximum atomic E-state index is 12.4. The van der Waals surface area contributed by atoms with E-state index in [-0.39, 0.29) is 0 Å². The molecule has 0 aromatic rings. The largest absolute Gasteiger partial charge is 0.447 e. The maximum absolute atomic E-state index is 12.4. The molecule has 0 aliphatic rings. The second-order valence-electron chi connectivity index (χ2n) is 8.88. The minimum atomic E-state index is -1.44. The van der Waals surface area contributed by atoms with Gasteiger partial charge in [-0.3, -0.25) is 0 Å². The smallest absolute Gasteiger partial charge is 0.330 e. The van der Waals surface area contributed by atoms with Crippen molar-refractivity contribution < 1.29 is 23.7 Å². The van der Waals surface area contributed by atoms with Gasteiger partial charge in [0.2, 0.25) is 0 Å². The second kappa shape index (κ2) is 19.5. The van der Waals surface area contributed by atoms with Gasteiger partial charge in [0.25, 0.3) is 0 Å². The molecule has 0 saturated carbocycles. The van der Waals surface area contributed by atoms with Crippen molar-refractivity contribution in [3.63, 3.8) is 0 Å².